The number of anilines is 1. The lowest BCUT2D eigenvalue weighted by molar-refractivity contribution is -0.137. The van der Waals surface area contributed by atoms with Crippen molar-refractivity contribution in [2.45, 2.75) is 39.3 Å². The van der Waals surface area contributed by atoms with Gasteiger partial charge in [-0.25, -0.2) is 0 Å². The van der Waals surface area contributed by atoms with Crippen molar-refractivity contribution in [2.24, 2.45) is 17.6 Å². The summed E-state index contributed by atoms with van der Waals surface area (Å²) in [6, 6.07) is 3.16. The molecule has 1 fully saturated rings. The number of amides is 1. The first-order chi connectivity index (χ1) is 10.7. The molecule has 0 spiro atoms. The molecule has 0 saturated carbocycles. The normalized spacial score (nSPS) is 22.2. The predicted octanol–water partition coefficient (Wildman–Crippen LogP) is 4.07. The lowest BCUT2D eigenvalue weighted by Crippen LogP contribution is -2.40. The molecule has 6 heteroatoms. The van der Waals surface area contributed by atoms with Gasteiger partial charge in [-0.2, -0.15) is 13.2 Å². The number of carbonyl (C=O) groups excluding carboxylic acids is 1. The monoisotopic (exact) mass is 328 g/mol. The minimum Gasteiger partial charge on any atom is -0.371 e. The van der Waals surface area contributed by atoms with Crippen LogP contribution < -0.4 is 10.6 Å². The van der Waals surface area contributed by atoms with Gasteiger partial charge in [0, 0.05) is 13.1 Å². The van der Waals surface area contributed by atoms with Gasteiger partial charge in [0.2, 0.25) is 0 Å². The summed E-state index contributed by atoms with van der Waals surface area (Å²) in [6.45, 7) is 5.59. The van der Waals surface area contributed by atoms with Crippen molar-refractivity contribution >= 4 is 11.6 Å². The van der Waals surface area contributed by atoms with Crippen LogP contribution in [0.25, 0.3) is 0 Å². The van der Waals surface area contributed by atoms with Crippen LogP contribution in [-0.2, 0) is 6.18 Å². The Morgan fingerprint density at radius 2 is 2.09 bits per heavy atom. The fraction of sp³-hybridized carbons (Fsp3) is 0.588. The molecule has 2 rings (SSSR count). The van der Waals surface area contributed by atoms with Gasteiger partial charge in [0.25, 0.3) is 5.91 Å². The first-order valence-corrected chi connectivity index (χ1v) is 8.00. The zero-order valence-electron chi connectivity index (χ0n) is 13.5. The second-order valence-corrected chi connectivity index (χ2v) is 6.35. The molecule has 0 radical (unpaired) electrons. The fourth-order valence-corrected chi connectivity index (χ4v) is 3.29. The Morgan fingerprint density at radius 3 is 2.65 bits per heavy atom. The van der Waals surface area contributed by atoms with Crippen LogP contribution in [0.3, 0.4) is 0 Å². The van der Waals surface area contributed by atoms with Crippen molar-refractivity contribution in [2.75, 3.05) is 18.0 Å². The molecule has 1 aliphatic heterocycles. The highest BCUT2D eigenvalue weighted by Crippen LogP contribution is 2.36. The summed E-state index contributed by atoms with van der Waals surface area (Å²) in [5, 5.41) is 0. The summed E-state index contributed by atoms with van der Waals surface area (Å²) < 4.78 is 39.0. The van der Waals surface area contributed by atoms with E-state index in [1.165, 1.54) is 6.07 Å². The van der Waals surface area contributed by atoms with Gasteiger partial charge in [0.1, 0.15) is 0 Å². The van der Waals surface area contributed by atoms with E-state index in [0.717, 1.165) is 31.4 Å². The summed E-state index contributed by atoms with van der Waals surface area (Å²) in [4.78, 5) is 13.5. The zero-order chi connectivity index (χ0) is 17.2. The summed E-state index contributed by atoms with van der Waals surface area (Å²) in [6.07, 6.45) is -1.47. The molecule has 0 aliphatic carbocycles. The lowest BCUT2D eigenvalue weighted by atomic mass is 9.83. The van der Waals surface area contributed by atoms with Crippen molar-refractivity contribution < 1.29 is 18.0 Å². The highest BCUT2D eigenvalue weighted by molar-refractivity contribution is 5.98. The number of nitrogens with zero attached hydrogens (tertiary/aromatic N) is 1. The van der Waals surface area contributed by atoms with Crippen LogP contribution in [0.15, 0.2) is 18.2 Å². The largest absolute Gasteiger partial charge is 0.416 e. The minimum absolute atomic E-state index is 0.155. The van der Waals surface area contributed by atoms with Crippen LogP contribution in [0.2, 0.25) is 0 Å². The number of piperidine rings is 1. The number of alkyl halides is 3. The number of rotatable bonds is 4. The Balaban J connectivity index is 2.37. The highest BCUT2D eigenvalue weighted by Gasteiger charge is 2.33. The molecule has 1 aliphatic rings. The van der Waals surface area contributed by atoms with Crippen LogP contribution in [0.5, 0.6) is 0 Å². The van der Waals surface area contributed by atoms with Gasteiger partial charge in [-0.1, -0.05) is 20.3 Å². The molecular weight excluding hydrogens is 305 g/mol. The van der Waals surface area contributed by atoms with Crippen LogP contribution in [0.1, 0.15) is 49.0 Å². The van der Waals surface area contributed by atoms with Crippen molar-refractivity contribution in [1.82, 2.24) is 0 Å². The molecule has 1 heterocycles. The van der Waals surface area contributed by atoms with Crippen LogP contribution in [-0.4, -0.2) is 19.0 Å². The molecule has 1 saturated heterocycles. The highest BCUT2D eigenvalue weighted by atomic mass is 19.4. The van der Waals surface area contributed by atoms with Gasteiger partial charge in [-0.3, -0.25) is 4.79 Å². The molecular formula is C17H23F3N2O. The van der Waals surface area contributed by atoms with Crippen LogP contribution >= 0.6 is 0 Å². The SMILES string of the molecule is CCCC1CN(c2cc(C(F)(F)F)ccc2C(N)=O)CCC1C. The Morgan fingerprint density at radius 1 is 1.39 bits per heavy atom. The fourth-order valence-electron chi connectivity index (χ4n) is 3.29. The van der Waals surface area contributed by atoms with E-state index in [9.17, 15) is 18.0 Å². The number of benzene rings is 1. The third-order valence-electron chi connectivity index (χ3n) is 4.70. The molecule has 2 atom stereocenters. The second kappa shape index (κ2) is 6.81. The average molecular weight is 328 g/mol. The Hall–Kier alpha value is -1.72. The molecule has 128 valence electrons. The number of carbonyl (C=O) groups is 1. The van der Waals surface area contributed by atoms with E-state index in [0.29, 0.717) is 30.6 Å². The first-order valence-electron chi connectivity index (χ1n) is 8.00. The van der Waals surface area contributed by atoms with Crippen molar-refractivity contribution in [3.8, 4) is 0 Å². The number of halogens is 3. The maximum Gasteiger partial charge on any atom is 0.416 e. The van der Waals surface area contributed by atoms with E-state index in [1.807, 2.05) is 4.90 Å². The molecule has 2 N–H and O–H groups in total. The lowest BCUT2D eigenvalue weighted by Gasteiger charge is -2.39. The molecule has 0 bridgehead atoms. The first kappa shape index (κ1) is 17.6. The standard InChI is InChI=1S/C17H23F3N2O/c1-3-4-12-10-22(8-7-11(12)2)15-9-13(17(18,19)20)5-6-14(15)16(21)23/h5-6,9,11-12H,3-4,7-8,10H2,1-2H3,(H2,21,23). The third kappa shape index (κ3) is 3.98. The van der Waals surface area contributed by atoms with Crippen molar-refractivity contribution in [3.05, 3.63) is 29.3 Å². The maximum absolute atomic E-state index is 13.0. The molecule has 1 aromatic carbocycles. The average Bonchev–Trinajstić information content (AvgIpc) is 2.48. The predicted molar refractivity (Wildman–Crippen MR) is 84.4 cm³/mol. The molecule has 1 amide bonds. The summed E-state index contributed by atoms with van der Waals surface area (Å²) >= 11 is 0. The van der Waals surface area contributed by atoms with E-state index in [2.05, 4.69) is 13.8 Å². The van der Waals surface area contributed by atoms with E-state index in [1.54, 1.807) is 0 Å². The molecule has 0 aromatic heterocycles. The van der Waals surface area contributed by atoms with E-state index in [4.69, 9.17) is 5.73 Å². The van der Waals surface area contributed by atoms with E-state index >= 15 is 0 Å². The zero-order valence-corrected chi connectivity index (χ0v) is 13.5. The van der Waals surface area contributed by atoms with Gasteiger partial charge >= 0.3 is 6.18 Å². The Kier molecular flexibility index (Phi) is 5.22. The van der Waals surface area contributed by atoms with Gasteiger partial charge < -0.3 is 10.6 Å². The van der Waals surface area contributed by atoms with Gasteiger partial charge in [0.05, 0.1) is 16.8 Å². The molecule has 2 unspecified atom stereocenters. The van der Waals surface area contributed by atoms with E-state index < -0.39 is 17.6 Å². The van der Waals surface area contributed by atoms with Crippen LogP contribution in [0.4, 0.5) is 18.9 Å². The van der Waals surface area contributed by atoms with Crippen molar-refractivity contribution in [3.63, 3.8) is 0 Å². The second-order valence-electron chi connectivity index (χ2n) is 6.35. The molecule has 23 heavy (non-hydrogen) atoms. The summed E-state index contributed by atoms with van der Waals surface area (Å²) in [5.74, 6) is 0.262. The quantitative estimate of drug-likeness (QED) is 0.906. The third-order valence-corrected chi connectivity index (χ3v) is 4.70. The van der Waals surface area contributed by atoms with Crippen LogP contribution in [0, 0.1) is 11.8 Å². The smallest absolute Gasteiger partial charge is 0.371 e. The number of hydrogen-bond donors (Lipinski definition) is 1. The Bertz CT molecular complexity index is 571. The summed E-state index contributed by atoms with van der Waals surface area (Å²) in [7, 11) is 0. The topological polar surface area (TPSA) is 46.3 Å². The molecule has 3 nitrogen and oxygen atoms in total. The minimum atomic E-state index is -4.43. The maximum atomic E-state index is 13.0. The van der Waals surface area contributed by atoms with Gasteiger partial charge in [-0.15, -0.1) is 0 Å². The Labute approximate surface area is 134 Å². The van der Waals surface area contributed by atoms with Gasteiger partial charge in [0.15, 0.2) is 0 Å². The van der Waals surface area contributed by atoms with Crippen molar-refractivity contribution in [1.29, 1.82) is 0 Å². The number of hydrogen-bond acceptors (Lipinski definition) is 2. The van der Waals surface area contributed by atoms with Gasteiger partial charge in [-0.05, 0) is 42.9 Å². The summed E-state index contributed by atoms with van der Waals surface area (Å²) in [5.41, 5.74) is 5.07. The van der Waals surface area contributed by atoms with E-state index in [-0.39, 0.29) is 5.56 Å². The number of nitrogens with two attached hydrogens (primary N) is 1. The number of primary amides is 1. The molecule has 1 aromatic rings.